The zero-order chi connectivity index (χ0) is 15.6. The smallest absolute Gasteiger partial charge is 0.330 e. The van der Waals surface area contributed by atoms with Gasteiger partial charge in [-0.25, -0.2) is 4.79 Å². The Balaban J connectivity index is 2.18. The fourth-order valence-electron chi connectivity index (χ4n) is 2.38. The first-order valence-corrected chi connectivity index (χ1v) is 6.62. The van der Waals surface area contributed by atoms with Crippen molar-refractivity contribution in [2.75, 3.05) is 20.5 Å². The third-order valence-electron chi connectivity index (χ3n) is 3.53. The van der Waals surface area contributed by atoms with Crippen LogP contribution in [0.3, 0.4) is 0 Å². The average Bonchev–Trinajstić information content (AvgIpc) is 2.82. The summed E-state index contributed by atoms with van der Waals surface area (Å²) in [7, 11) is 4.48. The average molecular weight is 300 g/mol. The number of aliphatic hydroxyl groups is 1. The second kappa shape index (κ2) is 6.52. The summed E-state index contributed by atoms with van der Waals surface area (Å²) < 4.78 is 18.0. The van der Waals surface area contributed by atoms with Crippen molar-refractivity contribution in [3.05, 3.63) is 32.6 Å². The first-order valence-electron chi connectivity index (χ1n) is 6.62. The molecule has 118 valence electrons. The van der Waals surface area contributed by atoms with Crippen LogP contribution in [0.5, 0.6) is 0 Å². The van der Waals surface area contributed by atoms with Crippen LogP contribution in [0.15, 0.2) is 15.8 Å². The van der Waals surface area contributed by atoms with E-state index >= 15 is 0 Å². The Morgan fingerprint density at radius 1 is 1.43 bits per heavy atom. The Hall–Kier alpha value is -1.48. The fraction of sp³-hybridized carbons (Fsp3) is 0.692. The molecule has 0 radical (unpaired) electrons. The summed E-state index contributed by atoms with van der Waals surface area (Å²) in [6, 6.07) is 0. The summed E-state index contributed by atoms with van der Waals surface area (Å²) in [4.78, 5) is 23.8. The predicted molar refractivity (Wildman–Crippen MR) is 73.0 cm³/mol. The van der Waals surface area contributed by atoms with Gasteiger partial charge in [-0.1, -0.05) is 0 Å². The molecule has 1 N–H and O–H groups in total. The Morgan fingerprint density at radius 2 is 2.14 bits per heavy atom. The van der Waals surface area contributed by atoms with Crippen LogP contribution < -0.4 is 11.2 Å². The summed E-state index contributed by atoms with van der Waals surface area (Å²) in [5.74, 6) is 0. The largest absolute Gasteiger partial charge is 0.390 e. The number of methoxy groups -OCH3 is 1. The summed E-state index contributed by atoms with van der Waals surface area (Å²) in [5, 5.41) is 9.98. The van der Waals surface area contributed by atoms with Crippen LogP contribution in [0.1, 0.15) is 18.1 Å². The molecule has 1 aromatic rings. The standard InChI is InChI=1S/C13H20N2O6/c1-14-5-8(12(17)15(2)13(14)18)10-4-9(16)11(21-10)6-20-7-19-3/h5,9-11,16H,4,6-7H2,1-3H3/t9-,10-,11+/m0/s1. The third kappa shape index (κ3) is 3.24. The van der Waals surface area contributed by atoms with E-state index in [0.29, 0.717) is 5.56 Å². The number of nitrogens with zero attached hydrogens (tertiary/aromatic N) is 2. The fourth-order valence-corrected chi connectivity index (χ4v) is 2.38. The summed E-state index contributed by atoms with van der Waals surface area (Å²) >= 11 is 0. The molecule has 1 fully saturated rings. The molecule has 8 heteroatoms. The third-order valence-corrected chi connectivity index (χ3v) is 3.53. The first-order chi connectivity index (χ1) is 9.95. The molecule has 0 spiro atoms. The molecular formula is C13H20N2O6. The van der Waals surface area contributed by atoms with Crippen LogP contribution in [0, 0.1) is 0 Å². The Bertz CT molecular complexity index is 608. The molecule has 21 heavy (non-hydrogen) atoms. The Morgan fingerprint density at radius 3 is 2.81 bits per heavy atom. The molecule has 1 aromatic heterocycles. The summed E-state index contributed by atoms with van der Waals surface area (Å²) in [6.07, 6.45) is -0.0583. The van der Waals surface area contributed by atoms with Crippen LogP contribution in [-0.2, 0) is 28.3 Å². The van der Waals surface area contributed by atoms with Gasteiger partial charge >= 0.3 is 5.69 Å². The van der Waals surface area contributed by atoms with Gasteiger partial charge in [0.1, 0.15) is 12.9 Å². The van der Waals surface area contributed by atoms with Gasteiger partial charge < -0.3 is 23.9 Å². The highest BCUT2D eigenvalue weighted by Crippen LogP contribution is 2.31. The van der Waals surface area contributed by atoms with E-state index in [0.717, 1.165) is 4.57 Å². The highest BCUT2D eigenvalue weighted by molar-refractivity contribution is 5.12. The van der Waals surface area contributed by atoms with E-state index in [1.807, 2.05) is 0 Å². The molecule has 0 amide bonds. The second-order valence-corrected chi connectivity index (χ2v) is 5.09. The molecule has 2 rings (SSSR count). The van der Waals surface area contributed by atoms with Gasteiger partial charge in [-0.15, -0.1) is 0 Å². The van der Waals surface area contributed by atoms with Gasteiger partial charge in [0.15, 0.2) is 0 Å². The monoisotopic (exact) mass is 300 g/mol. The predicted octanol–water partition coefficient (Wildman–Crippen LogP) is -1.10. The lowest BCUT2D eigenvalue weighted by Crippen LogP contribution is -2.39. The number of aliphatic hydroxyl groups excluding tert-OH is 1. The van der Waals surface area contributed by atoms with E-state index in [9.17, 15) is 14.7 Å². The van der Waals surface area contributed by atoms with Crippen LogP contribution in [0.25, 0.3) is 0 Å². The van der Waals surface area contributed by atoms with Crippen LogP contribution in [0.4, 0.5) is 0 Å². The molecule has 1 aliphatic rings. The van der Waals surface area contributed by atoms with Gasteiger partial charge in [-0.05, 0) is 0 Å². The zero-order valence-electron chi connectivity index (χ0n) is 12.3. The van der Waals surface area contributed by atoms with Crippen molar-refractivity contribution >= 4 is 0 Å². The normalized spacial score (nSPS) is 25.4. The molecule has 1 saturated heterocycles. The lowest BCUT2D eigenvalue weighted by atomic mass is 10.1. The summed E-state index contributed by atoms with van der Waals surface area (Å²) in [5.41, 5.74) is -0.455. The van der Waals surface area contributed by atoms with Crippen LogP contribution in [0.2, 0.25) is 0 Å². The van der Waals surface area contributed by atoms with Crippen molar-refractivity contribution in [3.8, 4) is 0 Å². The van der Waals surface area contributed by atoms with Crippen molar-refractivity contribution in [3.63, 3.8) is 0 Å². The van der Waals surface area contributed by atoms with E-state index in [2.05, 4.69) is 0 Å². The van der Waals surface area contributed by atoms with Crippen molar-refractivity contribution in [2.45, 2.75) is 24.7 Å². The van der Waals surface area contributed by atoms with Gasteiger partial charge in [0.25, 0.3) is 5.56 Å². The lowest BCUT2D eigenvalue weighted by molar-refractivity contribution is -0.0927. The van der Waals surface area contributed by atoms with Gasteiger partial charge in [0.2, 0.25) is 0 Å². The van der Waals surface area contributed by atoms with Gasteiger partial charge in [-0.3, -0.25) is 9.36 Å². The number of aryl methyl sites for hydroxylation is 1. The van der Waals surface area contributed by atoms with Crippen molar-refractivity contribution in [2.24, 2.45) is 14.1 Å². The van der Waals surface area contributed by atoms with E-state index in [1.54, 1.807) is 7.05 Å². The van der Waals surface area contributed by atoms with E-state index in [4.69, 9.17) is 14.2 Å². The molecule has 0 unspecified atom stereocenters. The van der Waals surface area contributed by atoms with Crippen LogP contribution >= 0.6 is 0 Å². The topological polar surface area (TPSA) is 91.9 Å². The van der Waals surface area contributed by atoms with E-state index in [1.165, 1.54) is 24.9 Å². The van der Waals surface area contributed by atoms with Crippen molar-refractivity contribution in [1.82, 2.24) is 9.13 Å². The highest BCUT2D eigenvalue weighted by atomic mass is 16.7. The maximum atomic E-state index is 12.1. The number of rotatable bonds is 5. The van der Waals surface area contributed by atoms with E-state index < -0.39 is 29.6 Å². The minimum Gasteiger partial charge on any atom is -0.390 e. The molecule has 0 bridgehead atoms. The molecule has 1 aliphatic heterocycles. The molecular weight excluding hydrogens is 280 g/mol. The molecule has 0 aliphatic carbocycles. The Kier molecular flexibility index (Phi) is 4.94. The minimum absolute atomic E-state index is 0.110. The summed E-state index contributed by atoms with van der Waals surface area (Å²) in [6.45, 7) is 0.288. The second-order valence-electron chi connectivity index (χ2n) is 5.09. The molecule has 3 atom stereocenters. The van der Waals surface area contributed by atoms with Crippen LogP contribution in [-0.4, -0.2) is 47.0 Å². The van der Waals surface area contributed by atoms with E-state index in [-0.39, 0.29) is 19.8 Å². The number of aromatic nitrogens is 2. The number of ether oxygens (including phenoxy) is 3. The maximum absolute atomic E-state index is 12.1. The molecule has 0 saturated carbocycles. The zero-order valence-corrected chi connectivity index (χ0v) is 12.3. The number of hydrogen-bond donors (Lipinski definition) is 1. The molecule has 2 heterocycles. The minimum atomic E-state index is -0.728. The van der Waals surface area contributed by atoms with Gasteiger partial charge in [0, 0.05) is 33.8 Å². The number of hydrogen-bond acceptors (Lipinski definition) is 6. The lowest BCUT2D eigenvalue weighted by Gasteiger charge is -2.15. The molecule has 8 nitrogen and oxygen atoms in total. The van der Waals surface area contributed by atoms with Gasteiger partial charge in [0.05, 0.1) is 24.4 Å². The SMILES string of the molecule is COCOC[C@H]1O[C@H](c2cn(C)c(=O)n(C)c2=O)C[C@@H]1O. The van der Waals surface area contributed by atoms with Crippen molar-refractivity contribution < 1.29 is 19.3 Å². The Labute approximate surface area is 121 Å². The first kappa shape index (κ1) is 15.9. The quantitative estimate of drug-likeness (QED) is 0.548. The van der Waals surface area contributed by atoms with Gasteiger partial charge in [-0.2, -0.15) is 0 Å². The highest BCUT2D eigenvalue weighted by Gasteiger charge is 2.36. The van der Waals surface area contributed by atoms with Crippen molar-refractivity contribution in [1.29, 1.82) is 0 Å². The maximum Gasteiger partial charge on any atom is 0.330 e. The molecule has 0 aromatic carbocycles.